The number of nitrogens with zero attached hydrogens (tertiary/aromatic N) is 1. The fraction of sp³-hybridized carbons (Fsp3) is 0.581. The third kappa shape index (κ3) is 7.89. The lowest BCUT2D eigenvalue weighted by Gasteiger charge is -2.33. The minimum atomic E-state index is -4.38. The second-order valence-electron chi connectivity index (χ2n) is 11.9. The summed E-state index contributed by atoms with van der Waals surface area (Å²) in [4.78, 5) is 13.9. The number of likely N-dealkylation sites (tertiary alicyclic amines) is 1. The zero-order valence-electron chi connectivity index (χ0n) is 25.2. The molecule has 3 rings (SSSR count). The molecular weight excluding hydrogens is 562 g/mol. The van der Waals surface area contributed by atoms with Gasteiger partial charge in [-0.3, -0.25) is 9.08 Å². The van der Waals surface area contributed by atoms with Gasteiger partial charge in [0.2, 0.25) is 0 Å². The maximum Gasteiger partial charge on any atom is 0.410 e. The lowest BCUT2D eigenvalue weighted by Crippen LogP contribution is -2.55. The highest BCUT2D eigenvalue weighted by molar-refractivity contribution is 7.86. The molecule has 0 bridgehead atoms. The predicted octanol–water partition coefficient (Wildman–Crippen LogP) is 3.62. The van der Waals surface area contributed by atoms with Crippen LogP contribution in [0.2, 0.25) is 0 Å². The van der Waals surface area contributed by atoms with Gasteiger partial charge >= 0.3 is 6.09 Å². The molecule has 1 aliphatic heterocycles. The highest BCUT2D eigenvalue weighted by Gasteiger charge is 2.45. The number of aliphatic hydroxyl groups excluding tert-OH is 4. The van der Waals surface area contributed by atoms with E-state index in [1.165, 1.54) is 0 Å². The zero-order chi connectivity index (χ0) is 31.4. The van der Waals surface area contributed by atoms with Gasteiger partial charge in [0.25, 0.3) is 10.1 Å². The molecule has 2 aromatic rings. The van der Waals surface area contributed by atoms with Crippen LogP contribution in [0.5, 0.6) is 0 Å². The summed E-state index contributed by atoms with van der Waals surface area (Å²) in [7, 11) is -4.38. The van der Waals surface area contributed by atoms with Crippen molar-refractivity contribution in [2.45, 2.75) is 108 Å². The van der Waals surface area contributed by atoms with Crippen LogP contribution in [0.15, 0.2) is 47.4 Å². The molecule has 0 unspecified atom stereocenters. The molecule has 1 saturated heterocycles. The molecule has 0 spiro atoms. The van der Waals surface area contributed by atoms with Crippen molar-refractivity contribution in [2.75, 3.05) is 13.2 Å². The fourth-order valence-corrected chi connectivity index (χ4v) is 6.75. The summed E-state index contributed by atoms with van der Waals surface area (Å²) in [6, 6.07) is 11.4. The van der Waals surface area contributed by atoms with Gasteiger partial charge in [-0.15, -0.1) is 0 Å². The van der Waals surface area contributed by atoms with Crippen LogP contribution < -0.4 is 0 Å². The number of carbonyl (C=O) groups is 1. The first-order valence-electron chi connectivity index (χ1n) is 14.4. The van der Waals surface area contributed by atoms with Crippen LogP contribution in [-0.2, 0) is 25.6 Å². The van der Waals surface area contributed by atoms with Crippen LogP contribution in [-0.4, -0.2) is 83.4 Å². The third-order valence-electron chi connectivity index (χ3n) is 7.68. The lowest BCUT2D eigenvalue weighted by atomic mass is 9.89. The van der Waals surface area contributed by atoms with Gasteiger partial charge < -0.3 is 25.2 Å². The molecule has 10 nitrogen and oxygen atoms in total. The minimum Gasteiger partial charge on any atom is -0.445 e. The molecule has 234 valence electrons. The second kappa shape index (κ2) is 14.3. The van der Waals surface area contributed by atoms with Gasteiger partial charge in [-0.1, -0.05) is 84.0 Å². The number of rotatable bonds is 12. The Morgan fingerprint density at radius 3 is 2.05 bits per heavy atom. The van der Waals surface area contributed by atoms with Crippen molar-refractivity contribution >= 4 is 16.2 Å². The molecule has 1 aliphatic rings. The van der Waals surface area contributed by atoms with E-state index in [0.717, 1.165) is 16.0 Å². The Morgan fingerprint density at radius 2 is 1.52 bits per heavy atom. The number of ether oxygens (including phenoxy) is 1. The molecule has 11 heteroatoms. The molecule has 0 radical (unpaired) electrons. The largest absolute Gasteiger partial charge is 0.445 e. The average Bonchev–Trinajstić information content (AvgIpc) is 3.34. The Kier molecular flexibility index (Phi) is 11.6. The van der Waals surface area contributed by atoms with E-state index >= 15 is 0 Å². The van der Waals surface area contributed by atoms with Crippen molar-refractivity contribution in [3.05, 3.63) is 64.7 Å². The Balaban J connectivity index is 1.74. The van der Waals surface area contributed by atoms with Crippen molar-refractivity contribution in [2.24, 2.45) is 0 Å². The van der Waals surface area contributed by atoms with E-state index in [0.29, 0.717) is 11.1 Å². The Bertz CT molecular complexity index is 1270. The number of carbonyl (C=O) groups excluding carboxylic acids is 1. The first kappa shape index (κ1) is 34.0. The molecule has 2 aromatic carbocycles. The van der Waals surface area contributed by atoms with Gasteiger partial charge in [0, 0.05) is 6.54 Å². The van der Waals surface area contributed by atoms with Crippen LogP contribution in [0.25, 0.3) is 0 Å². The maximum absolute atomic E-state index is 13.5. The Labute approximate surface area is 249 Å². The summed E-state index contributed by atoms with van der Waals surface area (Å²) in [5.74, 6) is -0.0935. The summed E-state index contributed by atoms with van der Waals surface area (Å²) >= 11 is 0. The topological polar surface area (TPSA) is 154 Å². The molecule has 0 aliphatic carbocycles. The predicted molar refractivity (Wildman–Crippen MR) is 158 cm³/mol. The summed E-state index contributed by atoms with van der Waals surface area (Å²) < 4.78 is 37.6. The third-order valence-corrected chi connectivity index (χ3v) is 9.09. The molecule has 5 atom stereocenters. The SMILES string of the molecule is CC(C)c1cc(C(C)C)c(S(=O)(=O)OC[C@@H](O)[C@@H](O)[C@H](O)[C@H]2[C@@H](O)CCN2C(=O)OCc2ccccc2)c(C(C)C)c1. The smallest absolute Gasteiger partial charge is 0.410 e. The van der Waals surface area contributed by atoms with Crippen molar-refractivity contribution in [3.8, 4) is 0 Å². The summed E-state index contributed by atoms with van der Waals surface area (Å²) in [6.45, 7) is 10.8. The van der Waals surface area contributed by atoms with E-state index in [4.69, 9.17) is 8.92 Å². The first-order valence-corrected chi connectivity index (χ1v) is 15.8. The molecule has 1 fully saturated rings. The van der Waals surface area contributed by atoms with Crippen LogP contribution in [0, 0.1) is 0 Å². The molecule has 1 amide bonds. The Hall–Kier alpha value is -2.54. The average molecular weight is 608 g/mol. The van der Waals surface area contributed by atoms with Gasteiger partial charge in [-0.05, 0) is 46.4 Å². The van der Waals surface area contributed by atoms with Gasteiger partial charge in [0.1, 0.15) is 29.8 Å². The normalized spacial score (nSPS) is 19.9. The van der Waals surface area contributed by atoms with Crippen LogP contribution in [0.3, 0.4) is 0 Å². The monoisotopic (exact) mass is 607 g/mol. The van der Waals surface area contributed by atoms with E-state index in [9.17, 15) is 33.6 Å². The second-order valence-corrected chi connectivity index (χ2v) is 13.4. The van der Waals surface area contributed by atoms with Crippen molar-refractivity contribution in [1.29, 1.82) is 0 Å². The minimum absolute atomic E-state index is 0.0269. The molecular formula is C31H45NO9S. The fourth-order valence-electron chi connectivity index (χ4n) is 5.15. The molecule has 42 heavy (non-hydrogen) atoms. The standard InChI is InChI=1S/C31H45NO9S/c1-18(2)22-14-23(19(3)4)30(24(15-22)20(5)6)42(38,39)41-17-26(34)28(35)29(36)27-25(33)12-13-32(27)31(37)40-16-21-10-8-7-9-11-21/h7-11,14-15,18-20,25-29,33-36H,12-13,16-17H2,1-6H3/t25-,26+,27+,28+,29+/m0/s1. The molecule has 0 aromatic heterocycles. The quantitative estimate of drug-likeness (QED) is 0.265. The van der Waals surface area contributed by atoms with E-state index < -0.39 is 53.3 Å². The highest BCUT2D eigenvalue weighted by atomic mass is 32.2. The van der Waals surface area contributed by atoms with Gasteiger partial charge in [-0.25, -0.2) is 4.79 Å². The lowest BCUT2D eigenvalue weighted by molar-refractivity contribution is -0.105. The number of aliphatic hydroxyl groups is 4. The summed E-state index contributed by atoms with van der Waals surface area (Å²) in [6.07, 6.45) is -7.46. The number of hydrogen-bond acceptors (Lipinski definition) is 9. The van der Waals surface area contributed by atoms with Crippen LogP contribution in [0.4, 0.5) is 4.79 Å². The summed E-state index contributed by atoms with van der Waals surface area (Å²) in [5, 5.41) is 42.8. The van der Waals surface area contributed by atoms with Crippen molar-refractivity contribution in [3.63, 3.8) is 0 Å². The van der Waals surface area contributed by atoms with Gasteiger partial charge in [-0.2, -0.15) is 8.42 Å². The number of hydrogen-bond donors (Lipinski definition) is 4. The van der Waals surface area contributed by atoms with E-state index in [2.05, 4.69) is 0 Å². The summed E-state index contributed by atoms with van der Waals surface area (Å²) in [5.41, 5.74) is 2.94. The first-order chi connectivity index (χ1) is 19.7. The zero-order valence-corrected chi connectivity index (χ0v) is 26.0. The highest BCUT2D eigenvalue weighted by Crippen LogP contribution is 2.36. The van der Waals surface area contributed by atoms with E-state index in [1.54, 1.807) is 24.3 Å². The number of benzene rings is 2. The van der Waals surface area contributed by atoms with Gasteiger partial charge in [0.15, 0.2) is 0 Å². The van der Waals surface area contributed by atoms with Gasteiger partial charge in [0.05, 0.1) is 18.8 Å². The number of amides is 1. The van der Waals surface area contributed by atoms with Crippen molar-refractivity contribution < 1.29 is 42.6 Å². The Morgan fingerprint density at radius 1 is 0.952 bits per heavy atom. The molecule has 1 heterocycles. The van der Waals surface area contributed by atoms with Crippen molar-refractivity contribution in [1.82, 2.24) is 4.90 Å². The molecule has 0 saturated carbocycles. The molecule has 4 N–H and O–H groups in total. The van der Waals surface area contributed by atoms with E-state index in [1.807, 2.05) is 59.7 Å². The maximum atomic E-state index is 13.5. The van der Waals surface area contributed by atoms with Crippen LogP contribution in [0.1, 0.15) is 88.0 Å². The van der Waals surface area contributed by atoms with Crippen LogP contribution >= 0.6 is 0 Å². The van der Waals surface area contributed by atoms with E-state index in [-0.39, 0.29) is 42.2 Å².